The molecule has 0 N–H and O–H groups in total. The SMILES string of the molecule is COc1ccc(CN2CCN(CC(=O)N3c4ccccc4C[C@@H]3C)CC2)cc1OC. The van der Waals surface area contributed by atoms with E-state index in [1.54, 1.807) is 14.2 Å². The number of anilines is 1. The van der Waals surface area contributed by atoms with Crippen LogP contribution >= 0.6 is 0 Å². The molecule has 6 nitrogen and oxygen atoms in total. The second-order valence-corrected chi connectivity index (χ2v) is 8.19. The minimum absolute atomic E-state index is 0.209. The van der Waals surface area contributed by atoms with Crippen LogP contribution in [0.4, 0.5) is 5.69 Å². The Hall–Kier alpha value is -2.57. The lowest BCUT2D eigenvalue weighted by Gasteiger charge is -2.35. The number of fused-ring (bicyclic) bond motifs is 1. The molecule has 0 radical (unpaired) electrons. The van der Waals surface area contributed by atoms with Gasteiger partial charge in [-0.1, -0.05) is 24.3 Å². The van der Waals surface area contributed by atoms with Gasteiger partial charge in [-0.05, 0) is 42.7 Å². The predicted octanol–water partition coefficient (Wildman–Crippen LogP) is 2.80. The monoisotopic (exact) mass is 409 g/mol. The average Bonchev–Trinajstić information content (AvgIpc) is 3.10. The van der Waals surface area contributed by atoms with Crippen molar-refractivity contribution in [3.8, 4) is 11.5 Å². The predicted molar refractivity (Wildman–Crippen MR) is 118 cm³/mol. The minimum Gasteiger partial charge on any atom is -0.493 e. The maximum absolute atomic E-state index is 13.0. The Morgan fingerprint density at radius 1 is 0.967 bits per heavy atom. The fourth-order valence-electron chi connectivity index (χ4n) is 4.56. The fourth-order valence-corrected chi connectivity index (χ4v) is 4.56. The molecule has 0 aliphatic carbocycles. The van der Waals surface area contributed by atoms with Gasteiger partial charge in [-0.25, -0.2) is 0 Å². The zero-order chi connectivity index (χ0) is 21.1. The van der Waals surface area contributed by atoms with Crippen LogP contribution in [-0.4, -0.2) is 68.7 Å². The van der Waals surface area contributed by atoms with Crippen LogP contribution in [0.2, 0.25) is 0 Å². The van der Waals surface area contributed by atoms with Crippen LogP contribution in [0.25, 0.3) is 0 Å². The number of methoxy groups -OCH3 is 2. The fraction of sp³-hybridized carbons (Fsp3) is 0.458. The normalized spacial score (nSPS) is 19.6. The second kappa shape index (κ2) is 9.06. The molecule has 160 valence electrons. The molecule has 0 bridgehead atoms. The molecule has 0 spiro atoms. The van der Waals surface area contributed by atoms with Crippen LogP contribution in [-0.2, 0) is 17.8 Å². The Bertz CT molecular complexity index is 893. The van der Waals surface area contributed by atoms with Gasteiger partial charge in [0.05, 0.1) is 20.8 Å². The first-order chi connectivity index (χ1) is 14.6. The zero-order valence-corrected chi connectivity index (χ0v) is 18.1. The van der Waals surface area contributed by atoms with Gasteiger partial charge >= 0.3 is 0 Å². The lowest BCUT2D eigenvalue weighted by atomic mass is 10.1. The number of ether oxygens (including phenoxy) is 2. The molecule has 6 heteroatoms. The highest BCUT2D eigenvalue weighted by molar-refractivity contribution is 5.97. The Morgan fingerprint density at radius 2 is 1.67 bits per heavy atom. The van der Waals surface area contributed by atoms with Crippen molar-refractivity contribution in [1.29, 1.82) is 0 Å². The number of piperazine rings is 1. The zero-order valence-electron chi connectivity index (χ0n) is 18.1. The van der Waals surface area contributed by atoms with Crippen molar-refractivity contribution in [2.75, 3.05) is 51.8 Å². The van der Waals surface area contributed by atoms with Gasteiger partial charge in [0.15, 0.2) is 11.5 Å². The molecule has 2 aliphatic heterocycles. The summed E-state index contributed by atoms with van der Waals surface area (Å²) in [5.74, 6) is 1.72. The third-order valence-electron chi connectivity index (χ3n) is 6.15. The summed E-state index contributed by atoms with van der Waals surface area (Å²) in [5, 5.41) is 0. The molecule has 1 amide bonds. The van der Waals surface area contributed by atoms with Gasteiger partial charge in [0.25, 0.3) is 0 Å². The molecule has 1 saturated heterocycles. The Morgan fingerprint density at radius 3 is 2.40 bits per heavy atom. The molecule has 0 unspecified atom stereocenters. The number of carbonyl (C=O) groups excluding carboxylic acids is 1. The van der Waals surface area contributed by atoms with E-state index in [9.17, 15) is 4.79 Å². The molecule has 2 heterocycles. The first-order valence-electron chi connectivity index (χ1n) is 10.6. The standard InChI is InChI=1S/C24H31N3O3/c1-18-14-20-6-4-5-7-21(20)27(18)24(28)17-26-12-10-25(11-13-26)16-19-8-9-22(29-2)23(15-19)30-3/h4-9,15,18H,10-14,16-17H2,1-3H3/t18-/m0/s1. The number of amides is 1. The highest BCUT2D eigenvalue weighted by Gasteiger charge is 2.31. The Labute approximate surface area is 179 Å². The van der Waals surface area contributed by atoms with Gasteiger partial charge < -0.3 is 14.4 Å². The number of hydrogen-bond donors (Lipinski definition) is 0. The summed E-state index contributed by atoms with van der Waals surface area (Å²) in [6.45, 7) is 7.22. The van der Waals surface area contributed by atoms with Crippen molar-refractivity contribution < 1.29 is 14.3 Å². The van der Waals surface area contributed by atoms with Crippen LogP contribution < -0.4 is 14.4 Å². The van der Waals surface area contributed by atoms with Gasteiger partial charge in [-0.15, -0.1) is 0 Å². The summed E-state index contributed by atoms with van der Waals surface area (Å²) in [5.41, 5.74) is 3.57. The number of rotatable bonds is 6. The number of nitrogens with zero attached hydrogens (tertiary/aromatic N) is 3. The van der Waals surface area contributed by atoms with Gasteiger partial charge in [0.2, 0.25) is 5.91 Å². The highest BCUT2D eigenvalue weighted by atomic mass is 16.5. The first-order valence-corrected chi connectivity index (χ1v) is 10.6. The van der Waals surface area contributed by atoms with Crippen LogP contribution in [0, 0.1) is 0 Å². The summed E-state index contributed by atoms with van der Waals surface area (Å²) in [7, 11) is 3.32. The lowest BCUT2D eigenvalue weighted by molar-refractivity contribution is -0.120. The quantitative estimate of drug-likeness (QED) is 0.734. The second-order valence-electron chi connectivity index (χ2n) is 8.19. The van der Waals surface area contributed by atoms with Gasteiger partial charge in [-0.2, -0.15) is 0 Å². The molecular weight excluding hydrogens is 378 g/mol. The largest absolute Gasteiger partial charge is 0.493 e. The molecule has 1 atom stereocenters. The lowest BCUT2D eigenvalue weighted by Crippen LogP contribution is -2.50. The van der Waals surface area contributed by atoms with E-state index < -0.39 is 0 Å². The summed E-state index contributed by atoms with van der Waals surface area (Å²) in [6.07, 6.45) is 0.945. The van der Waals surface area contributed by atoms with E-state index in [4.69, 9.17) is 9.47 Å². The van der Waals surface area contributed by atoms with Crippen molar-refractivity contribution >= 4 is 11.6 Å². The van der Waals surface area contributed by atoms with E-state index in [0.29, 0.717) is 6.54 Å². The summed E-state index contributed by atoms with van der Waals surface area (Å²) >= 11 is 0. The molecule has 0 saturated carbocycles. The Kier molecular flexibility index (Phi) is 6.25. The van der Waals surface area contributed by atoms with Crippen molar-refractivity contribution in [1.82, 2.24) is 9.80 Å². The van der Waals surface area contributed by atoms with Crippen molar-refractivity contribution in [3.05, 3.63) is 53.6 Å². The van der Waals surface area contributed by atoms with Crippen LogP contribution in [0.15, 0.2) is 42.5 Å². The topological polar surface area (TPSA) is 45.2 Å². The van der Waals surface area contributed by atoms with Crippen LogP contribution in [0.5, 0.6) is 11.5 Å². The highest BCUT2D eigenvalue weighted by Crippen LogP contribution is 2.32. The van der Waals surface area contributed by atoms with E-state index in [-0.39, 0.29) is 11.9 Å². The Balaban J connectivity index is 1.30. The van der Waals surface area contributed by atoms with E-state index in [1.165, 1.54) is 11.1 Å². The minimum atomic E-state index is 0.209. The number of benzene rings is 2. The maximum atomic E-state index is 13.0. The molecule has 30 heavy (non-hydrogen) atoms. The summed E-state index contributed by atoms with van der Waals surface area (Å²) in [4.78, 5) is 19.7. The smallest absolute Gasteiger partial charge is 0.241 e. The molecule has 2 aromatic rings. The van der Waals surface area contributed by atoms with Crippen molar-refractivity contribution in [3.63, 3.8) is 0 Å². The van der Waals surface area contributed by atoms with E-state index in [2.05, 4.69) is 41.0 Å². The average molecular weight is 410 g/mol. The van der Waals surface area contributed by atoms with Gasteiger partial charge in [0.1, 0.15) is 0 Å². The van der Waals surface area contributed by atoms with E-state index >= 15 is 0 Å². The number of para-hydroxylation sites is 1. The van der Waals surface area contributed by atoms with E-state index in [0.717, 1.165) is 56.3 Å². The van der Waals surface area contributed by atoms with Crippen LogP contribution in [0.1, 0.15) is 18.1 Å². The molecule has 1 fully saturated rings. The van der Waals surface area contributed by atoms with Crippen molar-refractivity contribution in [2.45, 2.75) is 25.9 Å². The summed E-state index contributed by atoms with van der Waals surface area (Å²) < 4.78 is 10.7. The molecular formula is C24H31N3O3. The molecule has 2 aromatic carbocycles. The molecule has 2 aliphatic rings. The van der Waals surface area contributed by atoms with Crippen LogP contribution in [0.3, 0.4) is 0 Å². The maximum Gasteiger partial charge on any atom is 0.241 e. The third kappa shape index (κ3) is 4.30. The molecule has 4 rings (SSSR count). The van der Waals surface area contributed by atoms with E-state index in [1.807, 2.05) is 23.1 Å². The van der Waals surface area contributed by atoms with Gasteiger partial charge in [0, 0.05) is 44.5 Å². The summed E-state index contributed by atoms with van der Waals surface area (Å²) in [6, 6.07) is 14.6. The molecule has 0 aromatic heterocycles. The third-order valence-corrected chi connectivity index (χ3v) is 6.15. The van der Waals surface area contributed by atoms with Gasteiger partial charge in [-0.3, -0.25) is 14.6 Å². The number of hydrogen-bond acceptors (Lipinski definition) is 5. The first kappa shape index (κ1) is 20.7. The van der Waals surface area contributed by atoms with Crippen molar-refractivity contribution in [2.24, 2.45) is 0 Å². The number of carbonyl (C=O) groups is 1.